The number of diazo groups is 2. The summed E-state index contributed by atoms with van der Waals surface area (Å²) >= 11 is 22.3. The topological polar surface area (TPSA) is 137 Å². The molecule has 0 aliphatic heterocycles. The van der Waals surface area contributed by atoms with E-state index in [-0.39, 0.29) is 55.7 Å². The van der Waals surface area contributed by atoms with E-state index in [1.165, 1.54) is 12.1 Å². The van der Waals surface area contributed by atoms with Crippen LogP contribution in [0.2, 0.25) is 20.1 Å². The van der Waals surface area contributed by atoms with Gasteiger partial charge in [-0.15, -0.1) is 0 Å². The second-order valence-corrected chi connectivity index (χ2v) is 6.30. The van der Waals surface area contributed by atoms with Gasteiger partial charge >= 0.3 is 30.9 Å². The number of hydrogen-bond acceptors (Lipinski definition) is 6. The van der Waals surface area contributed by atoms with Crippen LogP contribution in [0, 0.1) is 10.8 Å². The molecule has 0 spiro atoms. The summed E-state index contributed by atoms with van der Waals surface area (Å²) in [6, 6.07) is 9.34. The third-order valence-electron chi connectivity index (χ3n) is 2.03. The number of halogens is 6. The first-order chi connectivity index (χ1) is 11.5. The molecule has 0 aliphatic rings. The van der Waals surface area contributed by atoms with Crippen LogP contribution < -0.4 is 24.8 Å². The van der Waals surface area contributed by atoms with E-state index in [9.17, 15) is 0 Å². The Kier molecular flexibility index (Phi) is 21.7. The van der Waals surface area contributed by atoms with Crippen LogP contribution in [0.4, 0.5) is 11.4 Å². The standard InChI is InChI=1S/2C6H3Cl2N2.2ClH.H2O4S.Zn/c2*7-4-1-2-5(8)6(3-4)10-9;;;1-5(2,3)4;/h2*1-3H;2*1H;(H2,1,2,3,4);/q2*+1;;;;+2/p-4. The summed E-state index contributed by atoms with van der Waals surface area (Å²) in [7, 11) is -5.17. The average molecular weight is 580 g/mol. The van der Waals surface area contributed by atoms with Crippen molar-refractivity contribution in [3.8, 4) is 0 Å². The van der Waals surface area contributed by atoms with Gasteiger partial charge in [0.1, 0.15) is 10.0 Å². The molecule has 0 atom stereocenters. The number of benzene rings is 2. The molecule has 148 valence electrons. The molecular weight excluding hydrogens is 574 g/mol. The molecule has 0 amide bonds. The number of rotatable bonds is 0. The molecule has 2 rings (SSSR count). The molecule has 2 aromatic carbocycles. The van der Waals surface area contributed by atoms with Crippen LogP contribution in [-0.4, -0.2) is 17.5 Å². The Morgan fingerprint density at radius 3 is 1.18 bits per heavy atom. The quantitative estimate of drug-likeness (QED) is 0.181. The first-order valence-corrected chi connectivity index (χ1v) is 8.59. The summed E-state index contributed by atoms with van der Waals surface area (Å²) in [6.45, 7) is 0. The molecule has 0 heterocycles. The number of hydrogen-bond donors (Lipinski definition) is 0. The van der Waals surface area contributed by atoms with Crippen LogP contribution in [0.15, 0.2) is 36.4 Å². The third-order valence-corrected chi connectivity index (χ3v) is 3.14. The molecule has 0 N–H and O–H groups in total. The van der Waals surface area contributed by atoms with E-state index in [0.717, 1.165) is 0 Å². The Morgan fingerprint density at radius 2 is 1.00 bits per heavy atom. The maximum absolute atomic E-state index is 8.52. The summed E-state index contributed by atoms with van der Waals surface area (Å²) in [5.41, 5.74) is 0.573. The maximum Gasteiger partial charge on any atom is 2.00 e. The molecule has 0 bridgehead atoms. The van der Waals surface area contributed by atoms with E-state index >= 15 is 0 Å². The van der Waals surface area contributed by atoms with Gasteiger partial charge in [-0.25, -0.2) is 0 Å². The maximum atomic E-state index is 8.52. The molecule has 0 aliphatic carbocycles. The molecule has 2 aromatic rings. The van der Waals surface area contributed by atoms with Gasteiger partial charge in [-0.1, -0.05) is 46.4 Å². The Bertz CT molecular complexity index is 867. The largest absolute Gasteiger partial charge is 2.00 e. The van der Waals surface area contributed by atoms with Crippen molar-refractivity contribution in [3.63, 3.8) is 0 Å². The van der Waals surface area contributed by atoms with Crippen LogP contribution >= 0.6 is 46.4 Å². The summed E-state index contributed by atoms with van der Waals surface area (Å²) in [6.07, 6.45) is 0. The zero-order chi connectivity index (χ0) is 19.6. The monoisotopic (exact) mass is 576 g/mol. The van der Waals surface area contributed by atoms with Gasteiger partial charge in [0.25, 0.3) is 0 Å². The number of nitrogens with zero attached hydrogens (tertiary/aromatic N) is 4. The van der Waals surface area contributed by atoms with Crippen LogP contribution in [0.1, 0.15) is 0 Å². The molecule has 0 radical (unpaired) electrons. The zero-order valence-electron chi connectivity index (χ0n) is 13.3. The van der Waals surface area contributed by atoms with Crippen molar-refractivity contribution in [1.29, 1.82) is 10.8 Å². The molecule has 0 saturated carbocycles. The van der Waals surface area contributed by atoms with Crippen molar-refractivity contribution >= 4 is 68.2 Å². The minimum atomic E-state index is -5.17. The van der Waals surface area contributed by atoms with Gasteiger partial charge in [0.15, 0.2) is 9.95 Å². The molecule has 0 saturated heterocycles. The Hall–Kier alpha value is -0.487. The van der Waals surface area contributed by atoms with Gasteiger partial charge in [-0.3, -0.25) is 8.42 Å². The van der Waals surface area contributed by atoms with E-state index in [0.29, 0.717) is 20.1 Å². The van der Waals surface area contributed by atoms with E-state index in [1.54, 1.807) is 24.3 Å². The van der Waals surface area contributed by atoms with Gasteiger partial charge in [-0.05, 0) is 24.3 Å². The smallest absolute Gasteiger partial charge is 1.00 e. The fourth-order valence-electron chi connectivity index (χ4n) is 1.12. The molecule has 16 heteroatoms. The van der Waals surface area contributed by atoms with Crippen molar-refractivity contribution in [2.75, 3.05) is 0 Å². The molecule has 0 unspecified atom stereocenters. The molecule has 8 nitrogen and oxygen atoms in total. The van der Waals surface area contributed by atoms with Crippen molar-refractivity contribution < 1.29 is 61.8 Å². The molecule has 28 heavy (non-hydrogen) atoms. The minimum Gasteiger partial charge on any atom is -1.00 e. The van der Waals surface area contributed by atoms with Gasteiger partial charge in [0.2, 0.25) is 10.8 Å². The van der Waals surface area contributed by atoms with Crippen LogP contribution in [0.3, 0.4) is 0 Å². The fourth-order valence-corrected chi connectivity index (χ4v) is 1.77. The third kappa shape index (κ3) is 17.6. The molecule has 0 aromatic heterocycles. The first kappa shape index (κ1) is 35.0. The summed E-state index contributed by atoms with van der Waals surface area (Å²) in [5, 5.41) is 18.4. The minimum absolute atomic E-state index is 0. The molecular formula is C12H6Cl6N4O4SZn. The Morgan fingerprint density at radius 1 is 0.750 bits per heavy atom. The van der Waals surface area contributed by atoms with Crippen LogP contribution in [0.25, 0.3) is 9.95 Å². The van der Waals surface area contributed by atoms with Crippen molar-refractivity contribution in [2.45, 2.75) is 0 Å². The second-order valence-electron chi connectivity index (χ2n) is 3.80. The fraction of sp³-hybridized carbons (Fsp3) is 0. The summed E-state index contributed by atoms with van der Waals surface area (Å²) in [4.78, 5) is 5.83. The zero-order valence-corrected chi connectivity index (χ0v) is 21.6. The van der Waals surface area contributed by atoms with E-state index in [4.69, 9.17) is 74.7 Å². The van der Waals surface area contributed by atoms with E-state index in [1.807, 2.05) is 0 Å². The average Bonchev–Trinajstić information content (AvgIpc) is 2.51. The van der Waals surface area contributed by atoms with E-state index in [2.05, 4.69) is 9.95 Å². The summed E-state index contributed by atoms with van der Waals surface area (Å²) < 4.78 is 34.1. The Balaban J connectivity index is -0.000000154. The first-order valence-electron chi connectivity index (χ1n) is 5.75. The van der Waals surface area contributed by atoms with Gasteiger partial charge < -0.3 is 33.9 Å². The molecule has 0 fully saturated rings. The van der Waals surface area contributed by atoms with Crippen molar-refractivity contribution in [3.05, 3.63) is 66.4 Å². The Labute approximate surface area is 205 Å². The SMILES string of the molecule is N#[N+]c1cc(Cl)ccc1Cl.N#[N+]c1cc(Cl)ccc1Cl.O=S(=O)([O-])[O-].[Cl-].[Cl-].[Zn+2]. The van der Waals surface area contributed by atoms with E-state index < -0.39 is 10.4 Å². The predicted octanol–water partition coefficient (Wildman–Crippen LogP) is -0.377. The van der Waals surface area contributed by atoms with Gasteiger partial charge in [0, 0.05) is 20.4 Å². The van der Waals surface area contributed by atoms with Crippen molar-refractivity contribution in [1.82, 2.24) is 0 Å². The van der Waals surface area contributed by atoms with Crippen LogP contribution in [-0.2, 0) is 29.9 Å². The summed E-state index contributed by atoms with van der Waals surface area (Å²) in [5.74, 6) is 0. The van der Waals surface area contributed by atoms with Gasteiger partial charge in [0.05, 0.1) is 12.1 Å². The predicted molar refractivity (Wildman–Crippen MR) is 92.9 cm³/mol. The van der Waals surface area contributed by atoms with Crippen molar-refractivity contribution in [2.24, 2.45) is 0 Å². The normalized spacial score (nSPS) is 8.43. The van der Waals surface area contributed by atoms with Crippen LogP contribution in [0.5, 0.6) is 0 Å². The second kappa shape index (κ2) is 17.4. The van der Waals surface area contributed by atoms with Gasteiger partial charge in [-0.2, -0.15) is 0 Å².